The summed E-state index contributed by atoms with van der Waals surface area (Å²) in [6.07, 6.45) is 0. The summed E-state index contributed by atoms with van der Waals surface area (Å²) in [5.41, 5.74) is 2.33. The molecule has 0 aliphatic heterocycles. The minimum absolute atomic E-state index is 0.121. The molecule has 7 heteroatoms. The number of methoxy groups -OCH3 is 1. The minimum atomic E-state index is -0.387. The molecule has 0 saturated heterocycles. The van der Waals surface area contributed by atoms with Crippen LogP contribution in [0.15, 0.2) is 30.3 Å². The van der Waals surface area contributed by atoms with Gasteiger partial charge in [0.1, 0.15) is 5.82 Å². The normalized spacial score (nSPS) is 10.7. The van der Waals surface area contributed by atoms with Crippen molar-refractivity contribution in [2.24, 2.45) is 0 Å². The van der Waals surface area contributed by atoms with Crippen molar-refractivity contribution < 1.29 is 13.9 Å². The maximum Gasteiger partial charge on any atom is 0.233 e. The molecule has 1 aromatic carbocycles. The molecule has 0 fully saturated rings. The highest BCUT2D eigenvalue weighted by molar-refractivity contribution is 5.85. The minimum Gasteiger partial charge on any atom is -0.480 e. The first-order valence-corrected chi connectivity index (χ1v) is 7.00. The monoisotopic (exact) mass is 314 g/mol. The summed E-state index contributed by atoms with van der Waals surface area (Å²) in [5.74, 6) is -0.140. The molecule has 3 aromatic rings. The van der Waals surface area contributed by atoms with E-state index < -0.39 is 0 Å². The number of aromatic amines is 1. The number of H-pyrrole nitrogens is 1. The number of ether oxygens (including phenoxy) is 1. The summed E-state index contributed by atoms with van der Waals surface area (Å²) in [5, 5.41) is 11.2. The van der Waals surface area contributed by atoms with Gasteiger partial charge in [0.15, 0.2) is 0 Å². The second-order valence-corrected chi connectivity index (χ2v) is 5.08. The molecule has 2 aromatic heterocycles. The fourth-order valence-corrected chi connectivity index (χ4v) is 2.30. The molecule has 23 heavy (non-hydrogen) atoms. The molecular weight excluding hydrogens is 299 g/mol. The molecule has 0 atom stereocenters. The molecule has 1 amide bonds. The van der Waals surface area contributed by atoms with Gasteiger partial charge in [0.25, 0.3) is 0 Å². The summed E-state index contributed by atoms with van der Waals surface area (Å²) in [7, 11) is 1.49. The van der Waals surface area contributed by atoms with E-state index in [0.29, 0.717) is 23.7 Å². The zero-order chi connectivity index (χ0) is 16.4. The van der Waals surface area contributed by atoms with Crippen LogP contribution in [-0.4, -0.2) is 28.2 Å². The van der Waals surface area contributed by atoms with Crippen LogP contribution in [0.3, 0.4) is 0 Å². The molecule has 0 aliphatic carbocycles. The van der Waals surface area contributed by atoms with Gasteiger partial charge in [-0.2, -0.15) is 0 Å². The van der Waals surface area contributed by atoms with E-state index in [1.165, 1.54) is 20.1 Å². The average molecular weight is 314 g/mol. The van der Waals surface area contributed by atoms with Crippen LogP contribution in [0.5, 0.6) is 5.88 Å². The largest absolute Gasteiger partial charge is 0.480 e. The number of amides is 1. The molecule has 2 N–H and O–H groups in total. The molecule has 6 nitrogen and oxygen atoms in total. The Morgan fingerprint density at radius 2 is 2.13 bits per heavy atom. The van der Waals surface area contributed by atoms with Gasteiger partial charge in [-0.05, 0) is 24.3 Å². The Labute approximate surface area is 131 Å². The lowest BCUT2D eigenvalue weighted by Gasteiger charge is -2.03. The Balaban J connectivity index is 1.97. The quantitative estimate of drug-likeness (QED) is 0.775. The Hall–Kier alpha value is -2.96. The van der Waals surface area contributed by atoms with Gasteiger partial charge >= 0.3 is 0 Å². The van der Waals surface area contributed by atoms with Gasteiger partial charge in [0.2, 0.25) is 11.8 Å². The van der Waals surface area contributed by atoms with Crippen molar-refractivity contribution in [2.75, 3.05) is 7.11 Å². The topological polar surface area (TPSA) is 79.9 Å². The van der Waals surface area contributed by atoms with Gasteiger partial charge in [-0.3, -0.25) is 4.79 Å². The zero-order valence-corrected chi connectivity index (χ0v) is 12.7. The molecule has 0 unspecified atom stereocenters. The first-order chi connectivity index (χ1) is 11.1. The summed E-state index contributed by atoms with van der Waals surface area (Å²) in [4.78, 5) is 14.1. The Kier molecular flexibility index (Phi) is 3.92. The van der Waals surface area contributed by atoms with Gasteiger partial charge in [-0.25, -0.2) is 4.39 Å². The third kappa shape index (κ3) is 3.13. The number of nitrogens with zero attached hydrogens (tertiary/aromatic N) is 2. The van der Waals surface area contributed by atoms with Crippen LogP contribution >= 0.6 is 0 Å². The molecule has 0 radical (unpaired) electrons. The van der Waals surface area contributed by atoms with Gasteiger partial charge in [0.05, 0.1) is 19.3 Å². The summed E-state index contributed by atoms with van der Waals surface area (Å²) < 4.78 is 19.3. The molecule has 0 spiro atoms. The number of benzene rings is 1. The molecule has 0 bridgehead atoms. The van der Waals surface area contributed by atoms with E-state index in [1.54, 1.807) is 24.3 Å². The van der Waals surface area contributed by atoms with E-state index >= 15 is 0 Å². The Morgan fingerprint density at radius 3 is 2.78 bits per heavy atom. The first-order valence-electron chi connectivity index (χ1n) is 7.00. The smallest absolute Gasteiger partial charge is 0.233 e. The van der Waals surface area contributed by atoms with Crippen molar-refractivity contribution in [3.05, 3.63) is 41.8 Å². The van der Waals surface area contributed by atoms with Crippen molar-refractivity contribution in [3.8, 4) is 17.1 Å². The molecule has 0 aliphatic rings. The SMILES string of the molecule is COc1ccc(-c2cc3[nH]c(CNC(C)=O)cc3cc2F)nn1. The van der Waals surface area contributed by atoms with Gasteiger partial charge in [-0.1, -0.05) is 0 Å². The van der Waals surface area contributed by atoms with E-state index in [0.717, 1.165) is 16.6 Å². The lowest BCUT2D eigenvalue weighted by atomic mass is 10.1. The maximum absolute atomic E-state index is 14.3. The predicted molar refractivity (Wildman–Crippen MR) is 83.4 cm³/mol. The summed E-state index contributed by atoms with van der Waals surface area (Å²) >= 11 is 0. The molecule has 0 saturated carbocycles. The van der Waals surface area contributed by atoms with Crippen molar-refractivity contribution in [1.29, 1.82) is 0 Å². The van der Waals surface area contributed by atoms with E-state index in [4.69, 9.17) is 4.74 Å². The lowest BCUT2D eigenvalue weighted by Crippen LogP contribution is -2.18. The van der Waals surface area contributed by atoms with E-state index in [1.807, 2.05) is 0 Å². The highest BCUT2D eigenvalue weighted by Gasteiger charge is 2.11. The molecule has 118 valence electrons. The molecule has 3 rings (SSSR count). The number of fused-ring (bicyclic) bond motifs is 1. The molecule has 2 heterocycles. The van der Waals surface area contributed by atoms with Crippen LogP contribution in [0.2, 0.25) is 0 Å². The van der Waals surface area contributed by atoms with Crippen molar-refractivity contribution in [1.82, 2.24) is 20.5 Å². The predicted octanol–water partition coefficient (Wildman–Crippen LogP) is 2.41. The number of carbonyl (C=O) groups is 1. The van der Waals surface area contributed by atoms with Crippen LogP contribution in [0, 0.1) is 5.82 Å². The second kappa shape index (κ2) is 6.04. The van der Waals surface area contributed by atoms with Crippen LogP contribution < -0.4 is 10.1 Å². The van der Waals surface area contributed by atoms with Crippen molar-refractivity contribution in [3.63, 3.8) is 0 Å². The fraction of sp³-hybridized carbons (Fsp3) is 0.188. The number of rotatable bonds is 4. The number of carbonyl (C=O) groups excluding carboxylic acids is 1. The van der Waals surface area contributed by atoms with Crippen LogP contribution in [0.4, 0.5) is 4.39 Å². The Morgan fingerprint density at radius 1 is 1.30 bits per heavy atom. The van der Waals surface area contributed by atoms with E-state index in [2.05, 4.69) is 20.5 Å². The van der Waals surface area contributed by atoms with Gasteiger partial charge in [0, 0.05) is 35.2 Å². The highest BCUT2D eigenvalue weighted by Crippen LogP contribution is 2.27. The number of aromatic nitrogens is 3. The van der Waals surface area contributed by atoms with Crippen molar-refractivity contribution >= 4 is 16.8 Å². The maximum atomic E-state index is 14.3. The Bertz CT molecular complexity index is 858. The summed E-state index contributed by atoms with van der Waals surface area (Å²) in [6, 6.07) is 8.20. The first kappa shape index (κ1) is 15.0. The molecular formula is C16H15FN4O2. The number of halogens is 1. The zero-order valence-electron chi connectivity index (χ0n) is 12.7. The van der Waals surface area contributed by atoms with Crippen LogP contribution in [-0.2, 0) is 11.3 Å². The third-order valence-corrected chi connectivity index (χ3v) is 3.42. The van der Waals surface area contributed by atoms with Crippen LogP contribution in [0.1, 0.15) is 12.6 Å². The number of nitrogens with one attached hydrogen (secondary N) is 2. The second-order valence-electron chi connectivity index (χ2n) is 5.08. The average Bonchev–Trinajstić information content (AvgIpc) is 2.94. The number of hydrogen-bond donors (Lipinski definition) is 2. The number of hydrogen-bond acceptors (Lipinski definition) is 4. The third-order valence-electron chi connectivity index (χ3n) is 3.42. The van der Waals surface area contributed by atoms with Gasteiger partial charge < -0.3 is 15.0 Å². The highest BCUT2D eigenvalue weighted by atomic mass is 19.1. The van der Waals surface area contributed by atoms with E-state index in [-0.39, 0.29) is 11.7 Å². The van der Waals surface area contributed by atoms with Crippen molar-refractivity contribution in [2.45, 2.75) is 13.5 Å². The van der Waals surface area contributed by atoms with Crippen LogP contribution in [0.25, 0.3) is 22.2 Å². The van der Waals surface area contributed by atoms with Gasteiger partial charge in [-0.15, -0.1) is 10.2 Å². The summed E-state index contributed by atoms with van der Waals surface area (Å²) in [6.45, 7) is 1.81. The van der Waals surface area contributed by atoms with E-state index in [9.17, 15) is 9.18 Å². The lowest BCUT2D eigenvalue weighted by molar-refractivity contribution is -0.119. The fourth-order valence-electron chi connectivity index (χ4n) is 2.30. The standard InChI is InChI=1S/C16H15FN4O2/c1-9(22)18-8-11-5-10-6-13(17)12(7-15(10)19-11)14-3-4-16(23-2)21-20-14/h3-7,19H,8H2,1-2H3,(H,18,22).